The molecule has 67 valence electrons. The van der Waals surface area contributed by atoms with Crippen LogP contribution in [0.4, 0.5) is 0 Å². The molecule has 1 aromatic carbocycles. The van der Waals surface area contributed by atoms with Crippen LogP contribution in [0.15, 0.2) is 36.0 Å². The fourth-order valence-corrected chi connectivity index (χ4v) is 8.93. The van der Waals surface area contributed by atoms with Gasteiger partial charge in [-0.1, -0.05) is 60.9 Å². The van der Waals surface area contributed by atoms with E-state index in [0.717, 1.165) is 0 Å². The number of hydrogen-bond donors (Lipinski definition) is 0. The third-order valence-electron chi connectivity index (χ3n) is 2.39. The zero-order valence-electron chi connectivity index (χ0n) is 8.46. The Hall–Kier alpha value is -0.606. The molecule has 1 aromatic rings. The van der Waals surface area contributed by atoms with E-state index in [0.29, 0.717) is 0 Å². The molecule has 1 heterocycles. The molecule has 0 atom stereocenters. The summed E-state index contributed by atoms with van der Waals surface area (Å²) >= 11 is 0. The Kier molecular flexibility index (Phi) is 2.04. The van der Waals surface area contributed by atoms with Crippen LogP contribution in [0.5, 0.6) is 0 Å². The van der Waals surface area contributed by atoms with Crippen molar-refractivity contribution in [3.8, 4) is 0 Å². The molecule has 2 rings (SSSR count). The summed E-state index contributed by atoms with van der Waals surface area (Å²) in [7, 11) is -1.02. The Balaban J connectivity index is 2.13. The van der Waals surface area contributed by atoms with E-state index in [1.807, 2.05) is 0 Å². The van der Waals surface area contributed by atoms with Crippen molar-refractivity contribution in [1.82, 2.24) is 0 Å². The van der Waals surface area contributed by atoms with Crippen molar-refractivity contribution in [1.29, 1.82) is 0 Å². The summed E-state index contributed by atoms with van der Waals surface area (Å²) in [6.45, 7) is 7.44. The third-order valence-corrected chi connectivity index (χ3v) is 11.4. The largest absolute Gasteiger partial charge is 0.102 e. The predicted molar refractivity (Wildman–Crippen MR) is 63.5 cm³/mol. The van der Waals surface area contributed by atoms with Crippen molar-refractivity contribution in [3.05, 3.63) is 41.6 Å². The molecule has 0 fully saturated rings. The van der Waals surface area contributed by atoms with Crippen molar-refractivity contribution < 1.29 is 0 Å². The maximum Gasteiger partial charge on any atom is 0.102 e. The van der Waals surface area contributed by atoms with E-state index >= 15 is 0 Å². The Labute approximate surface area is 82.7 Å². The van der Waals surface area contributed by atoms with Crippen LogP contribution < -0.4 is 0 Å². The highest BCUT2D eigenvalue weighted by atomic mass is 29.2. The van der Waals surface area contributed by atoms with Gasteiger partial charge in [-0.25, -0.2) is 0 Å². The molecule has 0 bridgehead atoms. The number of benzene rings is 1. The molecule has 0 aliphatic carbocycles. The molecule has 0 aromatic heterocycles. The monoisotopic (exact) mass is 203 g/mol. The molecule has 0 unspecified atom stereocenters. The second-order valence-electron chi connectivity index (χ2n) is 4.59. The van der Waals surface area contributed by atoms with E-state index in [1.165, 1.54) is 5.56 Å². The Morgan fingerprint density at radius 1 is 1.00 bits per heavy atom. The van der Waals surface area contributed by atoms with Gasteiger partial charge in [-0.15, -0.1) is 0 Å². The van der Waals surface area contributed by atoms with Crippen molar-refractivity contribution in [3.63, 3.8) is 0 Å². The Bertz CT molecular complexity index is 333. The van der Waals surface area contributed by atoms with E-state index < -0.39 is 7.59 Å². The second-order valence-corrected chi connectivity index (χ2v) is 16.9. The minimum absolute atomic E-state index is 0.160. The minimum atomic E-state index is -0.860. The highest BCUT2D eigenvalue weighted by Crippen LogP contribution is 2.35. The van der Waals surface area contributed by atoms with Crippen LogP contribution in [0, 0.1) is 0 Å². The van der Waals surface area contributed by atoms with Crippen molar-refractivity contribution in [2.24, 2.45) is 0 Å². The normalized spacial score (nSPS) is 17.0. The molecule has 0 spiro atoms. The van der Waals surface area contributed by atoms with Crippen LogP contribution in [-0.4, -0.2) is 15.9 Å². The van der Waals surface area contributed by atoms with Crippen molar-refractivity contribution in [2.45, 2.75) is 19.6 Å². The topological polar surface area (TPSA) is 0 Å². The van der Waals surface area contributed by atoms with E-state index in [-0.39, 0.29) is 8.31 Å². The molecule has 0 saturated heterocycles. The van der Waals surface area contributed by atoms with E-state index in [9.17, 15) is 0 Å². The van der Waals surface area contributed by atoms with Crippen LogP contribution in [0.3, 0.4) is 0 Å². The number of hydrogen-bond acceptors (Lipinski definition) is 0. The lowest BCUT2D eigenvalue weighted by Gasteiger charge is -2.14. The molecule has 0 amide bonds. The molecule has 0 N–H and O–H groups in total. The van der Waals surface area contributed by atoms with Gasteiger partial charge < -0.3 is 0 Å². The lowest BCUT2D eigenvalue weighted by atomic mass is 10.2. The van der Waals surface area contributed by atoms with Gasteiger partial charge in [0.05, 0.1) is 0 Å². The van der Waals surface area contributed by atoms with Crippen LogP contribution >= 0.6 is 0 Å². The summed E-state index contributed by atoms with van der Waals surface area (Å²) in [5, 5.41) is 1.68. The first-order chi connectivity index (χ1) is 6.09. The molecule has 0 saturated carbocycles. The molecule has 2 heteroatoms. The van der Waals surface area contributed by atoms with Gasteiger partial charge in [-0.05, 0) is 5.56 Å². The van der Waals surface area contributed by atoms with Gasteiger partial charge in [-0.3, -0.25) is 0 Å². The predicted octanol–water partition coefficient (Wildman–Crippen LogP) is 3.07. The van der Waals surface area contributed by atoms with Gasteiger partial charge in [0.2, 0.25) is 0 Å². The molecule has 1 aliphatic rings. The summed E-state index contributed by atoms with van der Waals surface area (Å²) in [5.74, 6) is 0. The summed E-state index contributed by atoms with van der Waals surface area (Å²) in [4.78, 5) is 0. The van der Waals surface area contributed by atoms with Gasteiger partial charge in [0, 0.05) is 7.59 Å². The first kappa shape index (κ1) is 8.97. The van der Waals surface area contributed by atoms with E-state index in [1.54, 1.807) is 5.20 Å². The molecule has 0 nitrogen and oxygen atoms in total. The average Bonchev–Trinajstić information content (AvgIpc) is 2.83. The fraction of sp³-hybridized carbons (Fsp3) is 0.273. The fourth-order valence-electron chi connectivity index (χ4n) is 1.59. The minimum Gasteiger partial charge on any atom is -0.0940 e. The Morgan fingerprint density at radius 3 is 2.08 bits per heavy atom. The average molecular weight is 203 g/mol. The quantitative estimate of drug-likeness (QED) is 0.648. The van der Waals surface area contributed by atoms with Crippen molar-refractivity contribution in [2.75, 3.05) is 0 Å². The second kappa shape index (κ2) is 2.96. The molecular weight excluding hydrogens is 188 g/mol. The smallest absolute Gasteiger partial charge is 0.0940 e. The highest BCUT2D eigenvalue weighted by Gasteiger charge is 2.39. The maximum atomic E-state index is 2.53. The highest BCUT2D eigenvalue weighted by molar-refractivity contribution is 7.45. The van der Waals surface area contributed by atoms with E-state index in [2.05, 4.69) is 55.7 Å². The standard InChI is InChI=1S/C11H15Si2/c1-13(2,3)12-9-11(12)10-7-5-4-6-8-10/h4-9H,1-3H3. The SMILES string of the molecule is C[Si](C)(C)[Si]1C=C1c1ccccc1. The van der Waals surface area contributed by atoms with Gasteiger partial charge in [0.1, 0.15) is 8.31 Å². The van der Waals surface area contributed by atoms with Gasteiger partial charge in [0.25, 0.3) is 0 Å². The van der Waals surface area contributed by atoms with Gasteiger partial charge >= 0.3 is 0 Å². The van der Waals surface area contributed by atoms with Crippen molar-refractivity contribution >= 4 is 21.1 Å². The summed E-state index contributed by atoms with van der Waals surface area (Å²) in [6, 6.07) is 10.8. The zero-order chi connectivity index (χ0) is 9.47. The maximum absolute atomic E-state index is 2.53. The summed E-state index contributed by atoms with van der Waals surface area (Å²) in [5.41, 5.74) is 4.01. The first-order valence-corrected chi connectivity index (χ1v) is 10.8. The van der Waals surface area contributed by atoms with Crippen LogP contribution in [0.25, 0.3) is 5.20 Å². The Morgan fingerprint density at radius 2 is 1.62 bits per heavy atom. The van der Waals surface area contributed by atoms with E-state index in [4.69, 9.17) is 0 Å². The van der Waals surface area contributed by atoms with Crippen LogP contribution in [0.2, 0.25) is 19.6 Å². The molecular formula is C11H15Si2. The summed E-state index contributed by atoms with van der Waals surface area (Å²) in [6.07, 6.45) is 0. The van der Waals surface area contributed by atoms with Gasteiger partial charge in [-0.2, -0.15) is 0 Å². The van der Waals surface area contributed by atoms with Gasteiger partial charge in [0.15, 0.2) is 0 Å². The summed E-state index contributed by atoms with van der Waals surface area (Å²) < 4.78 is 0. The molecule has 1 aliphatic heterocycles. The molecule has 1 radical (unpaired) electrons. The van der Waals surface area contributed by atoms with Crippen LogP contribution in [0.1, 0.15) is 5.56 Å². The zero-order valence-corrected chi connectivity index (χ0v) is 10.5. The first-order valence-electron chi connectivity index (χ1n) is 4.74. The number of rotatable bonds is 2. The third kappa shape index (κ3) is 1.84. The molecule has 13 heavy (non-hydrogen) atoms. The lowest BCUT2D eigenvalue weighted by molar-refractivity contribution is 1.66. The lowest BCUT2D eigenvalue weighted by Crippen LogP contribution is -2.34. The van der Waals surface area contributed by atoms with Crippen LogP contribution in [-0.2, 0) is 0 Å².